The zero-order valence-electron chi connectivity index (χ0n) is 16.2. The number of rotatable bonds is 1. The Morgan fingerprint density at radius 3 is 1.81 bits per heavy atom. The van der Waals surface area contributed by atoms with Crippen molar-refractivity contribution in [3.63, 3.8) is 0 Å². The second-order valence-electron chi connectivity index (χ2n) is 4.61. The number of aliphatic hydroxyl groups is 1. The fourth-order valence-electron chi connectivity index (χ4n) is 1.49. The van der Waals surface area contributed by atoms with Gasteiger partial charge < -0.3 is 11.8 Å². The van der Waals surface area contributed by atoms with Gasteiger partial charge in [-0.1, -0.05) is 66.2 Å². The van der Waals surface area contributed by atoms with Gasteiger partial charge in [0.15, 0.2) is 0 Å². The van der Waals surface area contributed by atoms with Crippen molar-refractivity contribution in [2.24, 2.45) is 11.7 Å². The zero-order valence-corrected chi connectivity index (χ0v) is 18.7. The maximum absolute atomic E-state index is 10.4. The summed E-state index contributed by atoms with van der Waals surface area (Å²) in [5.74, 6) is 8.04. The Bertz CT molecular complexity index is 692. The van der Waals surface area contributed by atoms with E-state index in [9.17, 15) is 4.79 Å². The molecule has 0 atom stereocenters. The third kappa shape index (κ3) is 15.3. The van der Waals surface area contributed by atoms with E-state index in [0.717, 1.165) is 0 Å². The van der Waals surface area contributed by atoms with Crippen LogP contribution in [0.25, 0.3) is 0 Å². The molecule has 0 saturated heterocycles. The van der Waals surface area contributed by atoms with Gasteiger partial charge in [0.2, 0.25) is 5.88 Å². The quantitative estimate of drug-likeness (QED) is 0.179. The molecule has 142 valence electrons. The Kier molecular flexibility index (Phi) is 18.3. The molecule has 1 aliphatic heterocycles. The van der Waals surface area contributed by atoms with Crippen LogP contribution in [-0.4, -0.2) is 14.8 Å². The average Bonchev–Trinajstić information content (AvgIpc) is 2.66. The summed E-state index contributed by atoms with van der Waals surface area (Å²) in [4.78, 5) is 10.4. The molecule has 6 nitrogen and oxygen atoms in total. The maximum atomic E-state index is 10.4. The van der Waals surface area contributed by atoms with E-state index in [4.69, 9.17) is 28.5 Å². The van der Waals surface area contributed by atoms with Crippen LogP contribution in [0.4, 0.5) is 0 Å². The number of nitrogens with zero attached hydrogens (tertiary/aromatic N) is 1. The standard InChI is InChI=1S/C7H5ClO.C7H8.C4H5ClN2O.H4N2.Na.H/c8-7(9)6-4-2-1-3-5-6;1-7-5-3-2-4-6-7;5-7-2-1-6-4(8)3-7;1-2;;/h1-5H;2-6H,1H3;1-3,6,8H;1-2H2;;/q;;;;+1;-1. The van der Waals surface area contributed by atoms with Crippen LogP contribution in [0.15, 0.2) is 85.1 Å². The van der Waals surface area contributed by atoms with Gasteiger partial charge in [-0.3, -0.25) is 20.9 Å². The normalized spacial score (nSPS) is 10.7. The smallest absolute Gasteiger partial charge is 1.00 e. The molecule has 0 spiro atoms. The summed E-state index contributed by atoms with van der Waals surface area (Å²) in [5.41, 5.74) is 1.86. The number of aryl methyl sites for hydroxylation is 1. The molecule has 1 heterocycles. The van der Waals surface area contributed by atoms with Crippen molar-refractivity contribution in [3.8, 4) is 0 Å². The number of carbonyl (C=O) groups excluding carboxylic acids is 1. The van der Waals surface area contributed by atoms with E-state index in [1.807, 2.05) is 24.3 Å². The fourth-order valence-corrected chi connectivity index (χ4v) is 1.77. The molecule has 27 heavy (non-hydrogen) atoms. The number of aliphatic hydroxyl groups excluding tert-OH is 1. The first-order valence-electron chi connectivity index (χ1n) is 7.37. The van der Waals surface area contributed by atoms with Gasteiger partial charge in [-0.25, -0.2) is 0 Å². The molecule has 0 amide bonds. The van der Waals surface area contributed by atoms with Gasteiger partial charge in [-0.15, -0.1) is 0 Å². The maximum Gasteiger partial charge on any atom is 1.00 e. The van der Waals surface area contributed by atoms with E-state index in [2.05, 4.69) is 36.1 Å². The molecule has 9 heteroatoms. The van der Waals surface area contributed by atoms with Crippen LogP contribution in [0.1, 0.15) is 17.3 Å². The topological polar surface area (TPSA) is 105 Å². The number of nitrogens with one attached hydrogen (secondary N) is 1. The van der Waals surface area contributed by atoms with Crippen molar-refractivity contribution >= 4 is 28.6 Å². The number of nitrogens with two attached hydrogens (primary N) is 2. The molecule has 0 aromatic heterocycles. The van der Waals surface area contributed by atoms with Gasteiger partial charge in [0.1, 0.15) is 0 Å². The Morgan fingerprint density at radius 1 is 1.07 bits per heavy atom. The number of hydrazine groups is 1. The first-order chi connectivity index (χ1) is 12.5. The summed E-state index contributed by atoms with van der Waals surface area (Å²) in [6.07, 6.45) is 4.45. The molecule has 6 N–H and O–H groups in total. The summed E-state index contributed by atoms with van der Waals surface area (Å²) in [6.45, 7) is 2.08. The van der Waals surface area contributed by atoms with Crippen molar-refractivity contribution in [2.75, 3.05) is 0 Å². The minimum absolute atomic E-state index is 0. The van der Waals surface area contributed by atoms with Gasteiger partial charge in [0.05, 0.1) is 6.20 Å². The molecule has 0 fully saturated rings. The first-order valence-corrected chi connectivity index (χ1v) is 8.08. The first kappa shape index (κ1) is 27.7. The molecule has 2 aromatic carbocycles. The summed E-state index contributed by atoms with van der Waals surface area (Å²) in [5, 5.41) is 10.8. The molecule has 0 unspecified atom stereocenters. The predicted octanol–water partition coefficient (Wildman–Crippen LogP) is 0.869. The number of benzene rings is 2. The van der Waals surface area contributed by atoms with Crippen molar-refractivity contribution < 1.29 is 40.9 Å². The third-order valence-electron chi connectivity index (χ3n) is 2.63. The van der Waals surface area contributed by atoms with Gasteiger partial charge in [-0.05, 0) is 18.5 Å². The molecule has 3 rings (SSSR count). The molecule has 0 bridgehead atoms. The van der Waals surface area contributed by atoms with Crippen molar-refractivity contribution in [3.05, 3.63) is 96.3 Å². The third-order valence-corrected chi connectivity index (χ3v) is 3.06. The monoisotopic (exact) mass is 420 g/mol. The van der Waals surface area contributed by atoms with Crippen LogP contribution in [0.2, 0.25) is 0 Å². The number of carbonyl (C=O) groups is 1. The van der Waals surface area contributed by atoms with Gasteiger partial charge in [0, 0.05) is 29.7 Å². The molecular weight excluding hydrogens is 398 g/mol. The van der Waals surface area contributed by atoms with Crippen LogP contribution < -0.4 is 46.6 Å². The Labute approximate surface area is 193 Å². The SMILES string of the molecule is Cc1ccccc1.NN.O=C(Cl)c1ccccc1.OC1=CN(Cl)C=CN1.[H-].[Na+]. The minimum atomic E-state index is -0.407. The van der Waals surface area contributed by atoms with Crippen LogP contribution in [0.3, 0.4) is 0 Å². The predicted molar refractivity (Wildman–Crippen MR) is 108 cm³/mol. The van der Waals surface area contributed by atoms with Crippen LogP contribution >= 0.6 is 23.4 Å². The number of hydrogen-bond acceptors (Lipinski definition) is 6. The van der Waals surface area contributed by atoms with E-state index in [1.54, 1.807) is 30.5 Å². The van der Waals surface area contributed by atoms with E-state index >= 15 is 0 Å². The summed E-state index contributed by atoms with van der Waals surface area (Å²) >= 11 is 10.5. The molecule has 1 aliphatic rings. The van der Waals surface area contributed by atoms with Crippen LogP contribution in [0, 0.1) is 6.92 Å². The molecule has 0 aliphatic carbocycles. The molecular formula is C18H23Cl2N4NaO2. The van der Waals surface area contributed by atoms with Crippen LogP contribution in [0.5, 0.6) is 0 Å². The zero-order chi connectivity index (χ0) is 19.8. The van der Waals surface area contributed by atoms with Crippen molar-refractivity contribution in [2.45, 2.75) is 6.92 Å². The van der Waals surface area contributed by atoms with Crippen molar-refractivity contribution in [1.82, 2.24) is 9.74 Å². The van der Waals surface area contributed by atoms with Gasteiger partial charge >= 0.3 is 29.6 Å². The van der Waals surface area contributed by atoms with Crippen LogP contribution in [-0.2, 0) is 0 Å². The van der Waals surface area contributed by atoms with Crippen molar-refractivity contribution in [1.29, 1.82) is 0 Å². The molecule has 0 radical (unpaired) electrons. The summed E-state index contributed by atoms with van der Waals surface area (Å²) in [6, 6.07) is 19.0. The second kappa shape index (κ2) is 17.9. The van der Waals surface area contributed by atoms with E-state index in [-0.39, 0.29) is 36.9 Å². The molecule has 2 aromatic rings. The average molecular weight is 421 g/mol. The minimum Gasteiger partial charge on any atom is -1.00 e. The van der Waals surface area contributed by atoms with Gasteiger partial charge in [-0.2, -0.15) is 0 Å². The van der Waals surface area contributed by atoms with E-state index in [1.165, 1.54) is 22.4 Å². The summed E-state index contributed by atoms with van der Waals surface area (Å²) in [7, 11) is 0. The fraction of sp³-hybridized carbons (Fsp3) is 0.0556. The Hall–Kier alpha value is -1.51. The molecule has 0 saturated carbocycles. The van der Waals surface area contributed by atoms with Gasteiger partial charge in [0.25, 0.3) is 5.24 Å². The Balaban J connectivity index is -0.000000311. The Morgan fingerprint density at radius 2 is 1.56 bits per heavy atom. The van der Waals surface area contributed by atoms with E-state index in [0.29, 0.717) is 5.56 Å². The van der Waals surface area contributed by atoms with E-state index < -0.39 is 5.24 Å². The second-order valence-corrected chi connectivity index (χ2v) is 5.35. The summed E-state index contributed by atoms with van der Waals surface area (Å²) < 4.78 is 1.23. The number of hydrogen-bond donors (Lipinski definition) is 4. The largest absolute Gasteiger partial charge is 1.00 e. The number of halogens is 2.